The highest BCUT2D eigenvalue weighted by Gasteiger charge is 2.19. The van der Waals surface area contributed by atoms with Crippen LogP contribution in [0.4, 0.5) is 5.95 Å². The first-order valence-electron chi connectivity index (χ1n) is 7.55. The Morgan fingerprint density at radius 3 is 2.55 bits per heavy atom. The minimum atomic E-state index is 0.829. The highest BCUT2D eigenvalue weighted by Crippen LogP contribution is 2.12. The Hall–Kier alpha value is -2.47. The lowest BCUT2D eigenvalue weighted by Gasteiger charge is -2.34. The summed E-state index contributed by atoms with van der Waals surface area (Å²) in [6.45, 7) is 4.82. The molecule has 4 heterocycles. The average Bonchev–Trinajstić information content (AvgIpc) is 2.98. The molecule has 0 N–H and O–H groups in total. The number of pyridine rings is 1. The Morgan fingerprint density at radius 2 is 1.77 bits per heavy atom. The molecule has 1 aliphatic rings. The molecule has 0 atom stereocenters. The summed E-state index contributed by atoms with van der Waals surface area (Å²) in [5, 5.41) is 0. The van der Waals surface area contributed by atoms with E-state index in [1.54, 1.807) is 12.4 Å². The summed E-state index contributed by atoms with van der Waals surface area (Å²) >= 11 is 0. The number of hydrogen-bond acceptors (Lipinski definition) is 5. The molecular formula is C16H18N6. The monoisotopic (exact) mass is 294 g/mol. The van der Waals surface area contributed by atoms with E-state index < -0.39 is 0 Å². The molecule has 1 fully saturated rings. The summed E-state index contributed by atoms with van der Waals surface area (Å²) in [6, 6.07) is 7.93. The first kappa shape index (κ1) is 13.2. The van der Waals surface area contributed by atoms with Crippen LogP contribution in [0.2, 0.25) is 0 Å². The summed E-state index contributed by atoms with van der Waals surface area (Å²) in [6.07, 6.45) is 7.75. The summed E-state index contributed by atoms with van der Waals surface area (Å²) in [5.41, 5.74) is 2.13. The van der Waals surface area contributed by atoms with Gasteiger partial charge in [-0.3, -0.25) is 4.90 Å². The molecule has 4 rings (SSSR count). The number of hydrogen-bond donors (Lipinski definition) is 0. The van der Waals surface area contributed by atoms with Gasteiger partial charge in [0.2, 0.25) is 5.95 Å². The molecule has 1 aliphatic heterocycles. The molecule has 0 saturated carbocycles. The van der Waals surface area contributed by atoms with E-state index in [9.17, 15) is 0 Å². The summed E-state index contributed by atoms with van der Waals surface area (Å²) in [7, 11) is 0. The number of anilines is 1. The highest BCUT2D eigenvalue weighted by molar-refractivity contribution is 5.39. The topological polar surface area (TPSA) is 49.6 Å². The molecule has 0 unspecified atom stereocenters. The minimum absolute atomic E-state index is 0.829. The Bertz CT molecular complexity index is 712. The molecule has 0 aromatic carbocycles. The molecule has 6 heteroatoms. The van der Waals surface area contributed by atoms with E-state index >= 15 is 0 Å². The first-order chi connectivity index (χ1) is 10.9. The zero-order valence-corrected chi connectivity index (χ0v) is 12.3. The summed E-state index contributed by atoms with van der Waals surface area (Å²) in [4.78, 5) is 18.0. The third-order valence-electron chi connectivity index (χ3n) is 4.01. The Morgan fingerprint density at radius 1 is 0.955 bits per heavy atom. The second kappa shape index (κ2) is 5.73. The van der Waals surface area contributed by atoms with Crippen molar-refractivity contribution in [1.29, 1.82) is 0 Å². The molecule has 22 heavy (non-hydrogen) atoms. The fraction of sp³-hybridized carbons (Fsp3) is 0.312. The summed E-state index contributed by atoms with van der Waals surface area (Å²) in [5.74, 6) is 0.829. The molecule has 0 radical (unpaired) electrons. The van der Waals surface area contributed by atoms with Gasteiger partial charge in [-0.15, -0.1) is 0 Å². The van der Waals surface area contributed by atoms with Crippen LogP contribution >= 0.6 is 0 Å². The zero-order chi connectivity index (χ0) is 14.8. The molecule has 0 amide bonds. The van der Waals surface area contributed by atoms with Gasteiger partial charge in [0, 0.05) is 57.5 Å². The predicted molar refractivity (Wildman–Crippen MR) is 84.7 cm³/mol. The maximum Gasteiger partial charge on any atom is 0.225 e. The minimum Gasteiger partial charge on any atom is -0.338 e. The Balaban J connectivity index is 1.39. The van der Waals surface area contributed by atoms with E-state index in [1.165, 1.54) is 0 Å². The van der Waals surface area contributed by atoms with E-state index in [4.69, 9.17) is 0 Å². The van der Waals surface area contributed by atoms with Crippen molar-refractivity contribution >= 4 is 11.6 Å². The van der Waals surface area contributed by atoms with Crippen molar-refractivity contribution in [3.8, 4) is 0 Å². The van der Waals surface area contributed by atoms with Gasteiger partial charge in [0.15, 0.2) is 0 Å². The molecule has 3 aromatic heterocycles. The second-order valence-corrected chi connectivity index (χ2v) is 5.51. The summed E-state index contributed by atoms with van der Waals surface area (Å²) < 4.78 is 2.07. The fourth-order valence-corrected chi connectivity index (χ4v) is 2.85. The standard InChI is InChI=1S/C16H18N6/c1-2-7-22-13-14(19-15(22)4-1)12-20-8-10-21(11-9-20)16-17-5-3-6-18-16/h1-7,13H,8-12H2. The number of piperazine rings is 1. The number of aromatic nitrogens is 4. The van der Waals surface area contributed by atoms with E-state index in [0.717, 1.165) is 50.0 Å². The quantitative estimate of drug-likeness (QED) is 0.732. The van der Waals surface area contributed by atoms with Gasteiger partial charge in [-0.25, -0.2) is 15.0 Å². The molecule has 0 aliphatic carbocycles. The van der Waals surface area contributed by atoms with Crippen LogP contribution < -0.4 is 4.90 Å². The molecule has 6 nitrogen and oxygen atoms in total. The van der Waals surface area contributed by atoms with Gasteiger partial charge in [-0.05, 0) is 18.2 Å². The van der Waals surface area contributed by atoms with E-state index in [-0.39, 0.29) is 0 Å². The van der Waals surface area contributed by atoms with Gasteiger partial charge in [0.25, 0.3) is 0 Å². The van der Waals surface area contributed by atoms with Crippen molar-refractivity contribution in [2.45, 2.75) is 6.54 Å². The van der Waals surface area contributed by atoms with Crippen LogP contribution in [-0.2, 0) is 6.54 Å². The van der Waals surface area contributed by atoms with Gasteiger partial charge in [0.05, 0.1) is 5.69 Å². The van der Waals surface area contributed by atoms with Gasteiger partial charge in [0.1, 0.15) is 5.65 Å². The van der Waals surface area contributed by atoms with Gasteiger partial charge in [-0.1, -0.05) is 6.07 Å². The molecule has 0 spiro atoms. The maximum absolute atomic E-state index is 4.67. The molecule has 112 valence electrons. The normalized spacial score (nSPS) is 16.3. The van der Waals surface area contributed by atoms with Crippen LogP contribution in [0, 0.1) is 0 Å². The van der Waals surface area contributed by atoms with Crippen LogP contribution in [0.1, 0.15) is 5.69 Å². The number of imidazole rings is 1. The van der Waals surface area contributed by atoms with Crippen molar-refractivity contribution < 1.29 is 0 Å². The zero-order valence-electron chi connectivity index (χ0n) is 12.3. The van der Waals surface area contributed by atoms with Gasteiger partial charge in [-0.2, -0.15) is 0 Å². The van der Waals surface area contributed by atoms with Crippen LogP contribution in [0.5, 0.6) is 0 Å². The SMILES string of the molecule is c1cnc(N2CCN(Cc3cn4ccccc4n3)CC2)nc1. The van der Waals surface area contributed by atoms with Crippen LogP contribution in [-0.4, -0.2) is 50.4 Å². The maximum atomic E-state index is 4.67. The van der Waals surface area contributed by atoms with Crippen molar-refractivity contribution in [1.82, 2.24) is 24.3 Å². The van der Waals surface area contributed by atoms with Crippen LogP contribution in [0.25, 0.3) is 5.65 Å². The third-order valence-corrected chi connectivity index (χ3v) is 4.01. The average molecular weight is 294 g/mol. The van der Waals surface area contributed by atoms with Crippen molar-refractivity contribution in [2.75, 3.05) is 31.1 Å². The second-order valence-electron chi connectivity index (χ2n) is 5.51. The molecule has 3 aromatic rings. The fourth-order valence-electron chi connectivity index (χ4n) is 2.85. The van der Waals surface area contributed by atoms with E-state index in [1.807, 2.05) is 30.5 Å². The Kier molecular flexibility index (Phi) is 3.44. The Labute approximate surface area is 129 Å². The number of nitrogens with zero attached hydrogens (tertiary/aromatic N) is 6. The van der Waals surface area contributed by atoms with E-state index in [0.29, 0.717) is 0 Å². The van der Waals surface area contributed by atoms with Gasteiger partial charge >= 0.3 is 0 Å². The lowest BCUT2D eigenvalue weighted by atomic mass is 10.3. The number of fused-ring (bicyclic) bond motifs is 1. The lowest BCUT2D eigenvalue weighted by molar-refractivity contribution is 0.246. The third kappa shape index (κ3) is 2.65. The van der Waals surface area contributed by atoms with Crippen molar-refractivity contribution in [2.24, 2.45) is 0 Å². The number of rotatable bonds is 3. The van der Waals surface area contributed by atoms with Crippen molar-refractivity contribution in [3.63, 3.8) is 0 Å². The highest BCUT2D eigenvalue weighted by atomic mass is 15.3. The molecule has 1 saturated heterocycles. The van der Waals surface area contributed by atoms with Crippen LogP contribution in [0.3, 0.4) is 0 Å². The largest absolute Gasteiger partial charge is 0.338 e. The smallest absolute Gasteiger partial charge is 0.225 e. The first-order valence-corrected chi connectivity index (χ1v) is 7.55. The van der Waals surface area contributed by atoms with Crippen LogP contribution in [0.15, 0.2) is 49.1 Å². The lowest BCUT2D eigenvalue weighted by Crippen LogP contribution is -2.46. The van der Waals surface area contributed by atoms with Crippen molar-refractivity contribution in [3.05, 3.63) is 54.7 Å². The molecular weight excluding hydrogens is 276 g/mol. The van der Waals surface area contributed by atoms with Gasteiger partial charge < -0.3 is 9.30 Å². The predicted octanol–water partition coefficient (Wildman–Crippen LogP) is 1.45. The van der Waals surface area contributed by atoms with E-state index in [2.05, 4.69) is 35.3 Å². The molecule has 0 bridgehead atoms.